The lowest BCUT2D eigenvalue weighted by atomic mass is 9.96. The second kappa shape index (κ2) is 8.18. The van der Waals surface area contributed by atoms with Crippen LogP contribution in [0.3, 0.4) is 0 Å². The van der Waals surface area contributed by atoms with Gasteiger partial charge in [0.25, 0.3) is 0 Å². The number of likely N-dealkylation sites (tertiary alicyclic amines) is 1. The standard InChI is InChI=1S/C24H29N3O5/c1-24(15-31-21-13-17(30-2)7-8-20(21)32-24)22(28)14-26-11-9-16(10-12-26)27-19-6-4-3-5-18(19)25-23(27)29/h3-8,13,16,22,28H,9-12,14-15H2,1-2H3,(H,25,29). The molecule has 8 heteroatoms. The summed E-state index contributed by atoms with van der Waals surface area (Å²) in [7, 11) is 1.61. The van der Waals surface area contributed by atoms with Crippen molar-refractivity contribution in [2.24, 2.45) is 0 Å². The van der Waals surface area contributed by atoms with E-state index in [4.69, 9.17) is 14.2 Å². The second-order valence-corrected chi connectivity index (χ2v) is 8.88. The first-order valence-corrected chi connectivity index (χ1v) is 11.1. The van der Waals surface area contributed by atoms with Gasteiger partial charge in [-0.2, -0.15) is 0 Å². The first-order valence-electron chi connectivity index (χ1n) is 11.1. The summed E-state index contributed by atoms with van der Waals surface area (Å²) >= 11 is 0. The first-order chi connectivity index (χ1) is 15.5. The van der Waals surface area contributed by atoms with E-state index in [0.717, 1.165) is 37.0 Å². The van der Waals surface area contributed by atoms with E-state index in [1.54, 1.807) is 13.2 Å². The third kappa shape index (κ3) is 3.73. The zero-order valence-electron chi connectivity index (χ0n) is 18.4. The average Bonchev–Trinajstić information content (AvgIpc) is 3.15. The van der Waals surface area contributed by atoms with Gasteiger partial charge >= 0.3 is 5.69 Å². The number of methoxy groups -OCH3 is 1. The van der Waals surface area contributed by atoms with E-state index in [0.29, 0.717) is 23.8 Å². The summed E-state index contributed by atoms with van der Waals surface area (Å²) in [6.45, 7) is 4.23. The topological polar surface area (TPSA) is 89.0 Å². The number of hydrogen-bond acceptors (Lipinski definition) is 6. The highest BCUT2D eigenvalue weighted by Gasteiger charge is 2.41. The van der Waals surface area contributed by atoms with Gasteiger partial charge in [-0.1, -0.05) is 12.1 Å². The lowest BCUT2D eigenvalue weighted by Crippen LogP contribution is -2.56. The van der Waals surface area contributed by atoms with Crippen LogP contribution in [-0.2, 0) is 0 Å². The van der Waals surface area contributed by atoms with E-state index in [1.165, 1.54) is 0 Å². The van der Waals surface area contributed by atoms with Gasteiger partial charge in [-0.15, -0.1) is 0 Å². The predicted octanol–water partition coefficient (Wildman–Crippen LogP) is 2.57. The van der Waals surface area contributed by atoms with Crippen LogP contribution in [0.25, 0.3) is 11.0 Å². The molecule has 0 bridgehead atoms. The number of rotatable bonds is 5. The zero-order valence-corrected chi connectivity index (χ0v) is 18.4. The number of imidazole rings is 1. The molecule has 2 aliphatic rings. The monoisotopic (exact) mass is 439 g/mol. The average molecular weight is 440 g/mol. The molecule has 3 heterocycles. The molecule has 1 aromatic heterocycles. The molecule has 5 rings (SSSR count). The van der Waals surface area contributed by atoms with Gasteiger partial charge in [0.15, 0.2) is 17.1 Å². The quantitative estimate of drug-likeness (QED) is 0.635. The fraction of sp³-hybridized carbons (Fsp3) is 0.458. The highest BCUT2D eigenvalue weighted by molar-refractivity contribution is 5.75. The molecule has 2 aliphatic heterocycles. The van der Waals surface area contributed by atoms with Gasteiger partial charge in [-0.3, -0.25) is 4.57 Å². The first kappa shape index (κ1) is 20.9. The van der Waals surface area contributed by atoms with Gasteiger partial charge in [0.2, 0.25) is 0 Å². The minimum Gasteiger partial charge on any atom is -0.497 e. The molecule has 0 saturated carbocycles. The lowest BCUT2D eigenvalue weighted by molar-refractivity contribution is -0.0953. The number of nitrogens with zero attached hydrogens (tertiary/aromatic N) is 2. The Bertz CT molecular complexity index is 1160. The summed E-state index contributed by atoms with van der Waals surface area (Å²) in [6.07, 6.45) is 0.987. The van der Waals surface area contributed by atoms with Crippen molar-refractivity contribution in [1.29, 1.82) is 0 Å². The van der Waals surface area contributed by atoms with Crippen molar-refractivity contribution in [2.75, 3.05) is 33.4 Å². The van der Waals surface area contributed by atoms with E-state index in [-0.39, 0.29) is 18.3 Å². The largest absolute Gasteiger partial charge is 0.497 e. The van der Waals surface area contributed by atoms with Crippen molar-refractivity contribution in [3.63, 3.8) is 0 Å². The Morgan fingerprint density at radius 2 is 2.00 bits per heavy atom. The number of aliphatic hydroxyl groups is 1. The third-order valence-electron chi connectivity index (χ3n) is 6.69. The fourth-order valence-corrected chi connectivity index (χ4v) is 4.71. The van der Waals surface area contributed by atoms with E-state index in [1.807, 2.05) is 47.9 Å². The van der Waals surface area contributed by atoms with Crippen molar-refractivity contribution in [3.8, 4) is 17.2 Å². The molecule has 0 amide bonds. The Hall–Kier alpha value is -2.97. The van der Waals surface area contributed by atoms with Gasteiger partial charge in [0, 0.05) is 31.7 Å². The SMILES string of the molecule is COc1ccc2c(c1)OCC(C)(C(O)CN1CCC(n3c(=O)[nH]c4ccccc43)CC1)O2. The molecule has 0 spiro atoms. The molecule has 2 unspecified atom stereocenters. The van der Waals surface area contributed by atoms with Crippen LogP contribution in [0.15, 0.2) is 47.3 Å². The highest BCUT2D eigenvalue weighted by Crippen LogP contribution is 2.39. The number of hydrogen-bond donors (Lipinski definition) is 2. The molecule has 0 aliphatic carbocycles. The summed E-state index contributed by atoms with van der Waals surface area (Å²) < 4.78 is 19.2. The minimum absolute atomic E-state index is 0.0553. The molecule has 32 heavy (non-hydrogen) atoms. The van der Waals surface area contributed by atoms with Crippen LogP contribution in [0, 0.1) is 0 Å². The number of β-amino-alcohol motifs (C(OH)–C–C–N with tert-alkyl or cyclic N) is 1. The van der Waals surface area contributed by atoms with Crippen LogP contribution in [0.5, 0.6) is 17.2 Å². The Labute approximate surface area is 186 Å². The maximum atomic E-state index is 12.5. The molecule has 170 valence electrons. The molecule has 2 N–H and O–H groups in total. The Kier molecular flexibility index (Phi) is 5.35. The Morgan fingerprint density at radius 3 is 2.78 bits per heavy atom. The van der Waals surface area contributed by atoms with E-state index < -0.39 is 11.7 Å². The molecular weight excluding hydrogens is 410 g/mol. The van der Waals surface area contributed by atoms with Crippen molar-refractivity contribution in [2.45, 2.75) is 37.5 Å². The molecular formula is C24H29N3O5. The number of aromatic amines is 1. The fourth-order valence-electron chi connectivity index (χ4n) is 4.71. The smallest absolute Gasteiger partial charge is 0.326 e. The molecule has 8 nitrogen and oxygen atoms in total. The summed E-state index contributed by atoms with van der Waals surface area (Å²) in [5, 5.41) is 11.0. The van der Waals surface area contributed by atoms with Gasteiger partial charge in [-0.25, -0.2) is 4.79 Å². The van der Waals surface area contributed by atoms with Crippen molar-refractivity contribution in [3.05, 3.63) is 52.9 Å². The summed E-state index contributed by atoms with van der Waals surface area (Å²) in [5.74, 6) is 1.93. The number of aromatic nitrogens is 2. The van der Waals surface area contributed by atoms with Crippen LogP contribution >= 0.6 is 0 Å². The number of piperidine rings is 1. The molecule has 2 aromatic carbocycles. The zero-order chi connectivity index (χ0) is 22.3. The lowest BCUT2D eigenvalue weighted by Gasteiger charge is -2.41. The van der Waals surface area contributed by atoms with Crippen LogP contribution < -0.4 is 19.9 Å². The maximum Gasteiger partial charge on any atom is 0.326 e. The highest BCUT2D eigenvalue weighted by atomic mass is 16.6. The number of benzene rings is 2. The molecule has 0 radical (unpaired) electrons. The van der Waals surface area contributed by atoms with Crippen molar-refractivity contribution in [1.82, 2.24) is 14.5 Å². The molecule has 1 saturated heterocycles. The van der Waals surface area contributed by atoms with E-state index >= 15 is 0 Å². The van der Waals surface area contributed by atoms with Crippen molar-refractivity contribution >= 4 is 11.0 Å². The molecule has 1 fully saturated rings. The number of aliphatic hydroxyl groups excluding tert-OH is 1. The number of nitrogens with one attached hydrogen (secondary N) is 1. The van der Waals surface area contributed by atoms with E-state index in [2.05, 4.69) is 9.88 Å². The van der Waals surface area contributed by atoms with Gasteiger partial charge in [0.1, 0.15) is 18.5 Å². The number of H-pyrrole nitrogens is 1. The molecule has 2 atom stereocenters. The summed E-state index contributed by atoms with van der Waals surface area (Å²) in [4.78, 5) is 17.7. The van der Waals surface area contributed by atoms with Gasteiger partial charge < -0.3 is 29.2 Å². The van der Waals surface area contributed by atoms with Gasteiger partial charge in [0.05, 0.1) is 18.1 Å². The third-order valence-corrected chi connectivity index (χ3v) is 6.69. The maximum absolute atomic E-state index is 12.5. The van der Waals surface area contributed by atoms with Crippen molar-refractivity contribution < 1.29 is 19.3 Å². The van der Waals surface area contributed by atoms with Crippen LogP contribution in [0.4, 0.5) is 0 Å². The number of fused-ring (bicyclic) bond motifs is 2. The minimum atomic E-state index is -0.841. The Balaban J connectivity index is 1.22. The Morgan fingerprint density at radius 1 is 1.22 bits per heavy atom. The van der Waals surface area contributed by atoms with Crippen LogP contribution in [-0.4, -0.2) is 64.6 Å². The summed E-state index contributed by atoms with van der Waals surface area (Å²) in [6, 6.07) is 13.4. The normalized spacial score (nSPS) is 22.7. The second-order valence-electron chi connectivity index (χ2n) is 8.88. The molecule has 3 aromatic rings. The van der Waals surface area contributed by atoms with Crippen LogP contribution in [0.1, 0.15) is 25.8 Å². The predicted molar refractivity (Wildman–Crippen MR) is 121 cm³/mol. The van der Waals surface area contributed by atoms with Crippen LogP contribution in [0.2, 0.25) is 0 Å². The number of para-hydroxylation sites is 2. The number of ether oxygens (including phenoxy) is 3. The van der Waals surface area contributed by atoms with E-state index in [9.17, 15) is 9.90 Å². The summed E-state index contributed by atoms with van der Waals surface area (Å²) in [5.41, 5.74) is 0.925. The van der Waals surface area contributed by atoms with Gasteiger partial charge in [-0.05, 0) is 44.0 Å².